The highest BCUT2D eigenvalue weighted by molar-refractivity contribution is 6.30. The molecule has 0 bridgehead atoms. The molecule has 1 heterocycles. The van der Waals surface area contributed by atoms with Crippen LogP contribution in [-0.2, 0) is 6.42 Å². The van der Waals surface area contributed by atoms with Crippen LogP contribution < -0.4 is 5.43 Å². The number of nitrogens with one attached hydrogen (secondary N) is 1. The van der Waals surface area contributed by atoms with Gasteiger partial charge in [0, 0.05) is 11.1 Å². The number of rotatable bonds is 3. The molecule has 3 nitrogen and oxygen atoms in total. The van der Waals surface area contributed by atoms with E-state index in [-0.39, 0.29) is 11.6 Å². The first-order valence-corrected chi connectivity index (χ1v) is 5.66. The van der Waals surface area contributed by atoms with Crippen molar-refractivity contribution in [1.29, 1.82) is 0 Å². The Bertz CT molecular complexity index is 485. The Labute approximate surface area is 104 Å². The molecule has 0 spiro atoms. The van der Waals surface area contributed by atoms with Gasteiger partial charge in [0.2, 0.25) is 0 Å². The number of benzene rings is 1. The molecule has 0 saturated heterocycles. The normalized spacial score (nSPS) is 14.9. The molecule has 17 heavy (non-hydrogen) atoms. The third-order valence-electron chi connectivity index (χ3n) is 2.47. The van der Waals surface area contributed by atoms with Crippen LogP contribution in [-0.4, -0.2) is 17.4 Å². The van der Waals surface area contributed by atoms with Gasteiger partial charge >= 0.3 is 0 Å². The molecule has 90 valence electrons. The van der Waals surface area contributed by atoms with Crippen LogP contribution in [0.2, 0.25) is 5.02 Å². The molecule has 1 aliphatic heterocycles. The minimum atomic E-state index is -0.271. The van der Waals surface area contributed by atoms with Crippen molar-refractivity contribution in [3.8, 4) is 0 Å². The lowest BCUT2D eigenvalue weighted by molar-refractivity contribution is 0.388. The molecule has 2 rings (SSSR count). The average Bonchev–Trinajstić information content (AvgIpc) is 2.30. The standard InChI is InChI=1S/C12H12ClFN2O/c13-9-2-4-12(14)8(5-9)1-3-10-6-11(17)7-15-16-10/h2,4-6,15,17H,1,3,7H2. The SMILES string of the molecule is OC1=CC(CCc2cc(Cl)ccc2F)=NNC1. The van der Waals surface area contributed by atoms with Gasteiger partial charge in [-0.2, -0.15) is 5.10 Å². The first-order valence-electron chi connectivity index (χ1n) is 5.28. The van der Waals surface area contributed by atoms with E-state index >= 15 is 0 Å². The zero-order valence-corrected chi connectivity index (χ0v) is 9.84. The maximum absolute atomic E-state index is 13.4. The van der Waals surface area contributed by atoms with Crippen molar-refractivity contribution in [3.63, 3.8) is 0 Å². The lowest BCUT2D eigenvalue weighted by atomic mass is 10.1. The van der Waals surface area contributed by atoms with E-state index in [9.17, 15) is 9.50 Å². The number of aliphatic hydroxyl groups excluding tert-OH is 1. The third-order valence-corrected chi connectivity index (χ3v) is 2.71. The summed E-state index contributed by atoms with van der Waals surface area (Å²) in [7, 11) is 0. The fourth-order valence-corrected chi connectivity index (χ4v) is 1.82. The first kappa shape index (κ1) is 11.9. The van der Waals surface area contributed by atoms with E-state index in [2.05, 4.69) is 10.5 Å². The van der Waals surface area contributed by atoms with Gasteiger partial charge in [-0.1, -0.05) is 11.6 Å². The van der Waals surface area contributed by atoms with Crippen LogP contribution in [0.15, 0.2) is 35.1 Å². The monoisotopic (exact) mass is 254 g/mol. The number of hydrazone groups is 1. The summed E-state index contributed by atoms with van der Waals surface area (Å²) in [5.74, 6) is -0.0338. The Kier molecular flexibility index (Phi) is 3.64. The van der Waals surface area contributed by atoms with Crippen molar-refractivity contribution in [2.75, 3.05) is 6.54 Å². The topological polar surface area (TPSA) is 44.6 Å². The van der Waals surface area contributed by atoms with Crippen molar-refractivity contribution in [2.24, 2.45) is 5.10 Å². The van der Waals surface area contributed by atoms with Gasteiger partial charge in [0.15, 0.2) is 0 Å². The molecule has 0 unspecified atom stereocenters. The van der Waals surface area contributed by atoms with E-state index in [1.807, 2.05) is 0 Å². The number of hydrogen-bond donors (Lipinski definition) is 2. The highest BCUT2D eigenvalue weighted by atomic mass is 35.5. The zero-order valence-electron chi connectivity index (χ0n) is 9.08. The third kappa shape index (κ3) is 3.20. The molecule has 0 aliphatic carbocycles. The second-order valence-electron chi connectivity index (χ2n) is 3.81. The van der Waals surface area contributed by atoms with E-state index in [0.29, 0.717) is 35.7 Å². The average molecular weight is 255 g/mol. The Morgan fingerprint density at radius 2 is 2.24 bits per heavy atom. The largest absolute Gasteiger partial charge is 0.510 e. The maximum atomic E-state index is 13.4. The van der Waals surface area contributed by atoms with Gasteiger partial charge in [-0.05, 0) is 36.6 Å². The number of hydrogen-bond acceptors (Lipinski definition) is 3. The summed E-state index contributed by atoms with van der Waals surface area (Å²) in [6, 6.07) is 4.48. The Morgan fingerprint density at radius 1 is 1.41 bits per heavy atom. The quantitative estimate of drug-likeness (QED) is 0.871. The molecule has 0 amide bonds. The number of nitrogens with zero attached hydrogens (tertiary/aromatic N) is 1. The molecule has 0 aromatic heterocycles. The second kappa shape index (κ2) is 5.19. The minimum Gasteiger partial charge on any atom is -0.510 e. The van der Waals surface area contributed by atoms with Crippen molar-refractivity contribution in [1.82, 2.24) is 5.43 Å². The van der Waals surface area contributed by atoms with Crippen molar-refractivity contribution >= 4 is 17.3 Å². The highest BCUT2D eigenvalue weighted by Crippen LogP contribution is 2.17. The number of allylic oxidation sites excluding steroid dienone is 1. The number of halogens is 2. The molecule has 0 fully saturated rings. The van der Waals surface area contributed by atoms with Gasteiger partial charge in [-0.3, -0.25) is 0 Å². The Balaban J connectivity index is 2.03. The second-order valence-corrected chi connectivity index (χ2v) is 4.25. The number of aliphatic hydroxyl groups is 1. The lowest BCUT2D eigenvalue weighted by Gasteiger charge is -2.10. The molecule has 0 saturated carbocycles. The summed E-state index contributed by atoms with van der Waals surface area (Å²) < 4.78 is 13.4. The Hall–Kier alpha value is -1.55. The van der Waals surface area contributed by atoms with Crippen molar-refractivity contribution in [3.05, 3.63) is 46.4 Å². The molecular formula is C12H12ClFN2O. The summed E-state index contributed by atoms with van der Waals surface area (Å²) in [5.41, 5.74) is 3.95. The minimum absolute atomic E-state index is 0.238. The predicted molar refractivity (Wildman–Crippen MR) is 65.9 cm³/mol. The van der Waals surface area contributed by atoms with Crippen LogP contribution in [0.4, 0.5) is 4.39 Å². The molecule has 1 aromatic carbocycles. The molecule has 0 atom stereocenters. The van der Waals surface area contributed by atoms with E-state index in [1.54, 1.807) is 12.1 Å². The molecule has 5 heteroatoms. The summed E-state index contributed by atoms with van der Waals surface area (Å²) in [5, 5.41) is 13.8. The fraction of sp³-hybridized carbons (Fsp3) is 0.250. The van der Waals surface area contributed by atoms with Crippen LogP contribution in [0.5, 0.6) is 0 Å². The molecule has 1 aliphatic rings. The summed E-state index contributed by atoms with van der Waals surface area (Å²) in [6.45, 7) is 0.342. The van der Waals surface area contributed by atoms with Crippen LogP contribution in [0.25, 0.3) is 0 Å². The van der Waals surface area contributed by atoms with Gasteiger partial charge in [0.25, 0.3) is 0 Å². The van der Waals surface area contributed by atoms with E-state index in [0.717, 1.165) is 0 Å². The van der Waals surface area contributed by atoms with Gasteiger partial charge in [0.05, 0.1) is 12.3 Å². The summed E-state index contributed by atoms with van der Waals surface area (Å²) in [6.07, 6.45) is 2.64. The van der Waals surface area contributed by atoms with Crippen LogP contribution >= 0.6 is 11.6 Å². The first-order chi connectivity index (χ1) is 8.15. The van der Waals surface area contributed by atoms with Gasteiger partial charge in [0.1, 0.15) is 11.6 Å². The van der Waals surface area contributed by atoms with Gasteiger partial charge in [-0.25, -0.2) is 4.39 Å². The van der Waals surface area contributed by atoms with E-state index in [1.165, 1.54) is 12.1 Å². The highest BCUT2D eigenvalue weighted by Gasteiger charge is 2.08. The maximum Gasteiger partial charge on any atom is 0.126 e. The van der Waals surface area contributed by atoms with Crippen LogP contribution in [0.3, 0.4) is 0 Å². The predicted octanol–water partition coefficient (Wildman–Crippen LogP) is 2.81. The van der Waals surface area contributed by atoms with Gasteiger partial charge < -0.3 is 10.5 Å². The summed E-state index contributed by atoms with van der Waals surface area (Å²) >= 11 is 5.80. The van der Waals surface area contributed by atoms with Gasteiger partial charge in [-0.15, -0.1) is 0 Å². The van der Waals surface area contributed by atoms with Crippen molar-refractivity contribution in [2.45, 2.75) is 12.8 Å². The molecule has 1 aromatic rings. The lowest BCUT2D eigenvalue weighted by Crippen LogP contribution is -2.19. The van der Waals surface area contributed by atoms with Crippen LogP contribution in [0, 0.1) is 5.82 Å². The van der Waals surface area contributed by atoms with E-state index < -0.39 is 0 Å². The molecule has 0 radical (unpaired) electrons. The molecular weight excluding hydrogens is 243 g/mol. The zero-order chi connectivity index (χ0) is 12.3. The van der Waals surface area contributed by atoms with E-state index in [4.69, 9.17) is 11.6 Å². The van der Waals surface area contributed by atoms with Crippen LogP contribution in [0.1, 0.15) is 12.0 Å². The van der Waals surface area contributed by atoms with Crippen molar-refractivity contribution < 1.29 is 9.50 Å². The smallest absolute Gasteiger partial charge is 0.126 e. The Morgan fingerprint density at radius 3 is 3.00 bits per heavy atom. The fourth-order valence-electron chi connectivity index (χ4n) is 1.62. The summed E-state index contributed by atoms with van der Waals surface area (Å²) in [4.78, 5) is 0. The number of aryl methyl sites for hydroxylation is 1. The molecule has 2 N–H and O–H groups in total.